The van der Waals surface area contributed by atoms with Crippen molar-refractivity contribution in [3.8, 4) is 16.8 Å². The summed E-state index contributed by atoms with van der Waals surface area (Å²) in [5.74, 6) is 0. The van der Waals surface area contributed by atoms with E-state index in [2.05, 4.69) is 142 Å². The molecule has 0 bridgehead atoms. The third-order valence-electron chi connectivity index (χ3n) is 10.4. The predicted octanol–water partition coefficient (Wildman–Crippen LogP) is 11.9. The van der Waals surface area contributed by atoms with Gasteiger partial charge in [0.05, 0.1) is 33.1 Å². The van der Waals surface area contributed by atoms with Crippen LogP contribution in [-0.4, -0.2) is 18.9 Å². The third-order valence-corrected chi connectivity index (χ3v) is 11.6. The van der Waals surface area contributed by atoms with Crippen molar-refractivity contribution < 1.29 is 0 Å². The van der Waals surface area contributed by atoms with Crippen LogP contribution in [0.1, 0.15) is 0 Å². The van der Waals surface area contributed by atoms with E-state index >= 15 is 0 Å². The SMILES string of the molecule is c1ccc(-n2c3ccccc3c3c4c5cc(-c6ccc7sc8ccccc8c7c6)cc6c7nc8ccccc8nc7n(c4ccc32)c65)cc1. The van der Waals surface area contributed by atoms with Crippen molar-refractivity contribution in [1.29, 1.82) is 0 Å². The van der Waals surface area contributed by atoms with Gasteiger partial charge in [-0.15, -0.1) is 11.3 Å². The lowest BCUT2D eigenvalue weighted by Crippen LogP contribution is -1.93. The van der Waals surface area contributed by atoms with Crippen LogP contribution in [0.5, 0.6) is 0 Å². The molecule has 4 nitrogen and oxygen atoms in total. The molecular formula is C44H24N4S. The number of rotatable bonds is 2. The number of para-hydroxylation sites is 4. The maximum Gasteiger partial charge on any atom is 0.165 e. The van der Waals surface area contributed by atoms with Gasteiger partial charge < -0.3 is 4.57 Å². The van der Waals surface area contributed by atoms with Crippen LogP contribution in [0.3, 0.4) is 0 Å². The van der Waals surface area contributed by atoms with Crippen molar-refractivity contribution in [1.82, 2.24) is 18.9 Å². The fraction of sp³-hybridized carbons (Fsp3) is 0. The molecule has 12 aromatic rings. The molecule has 226 valence electrons. The van der Waals surface area contributed by atoms with Gasteiger partial charge in [-0.2, -0.15) is 0 Å². The number of thiophene rings is 1. The second-order valence-corrected chi connectivity index (χ2v) is 14.1. The Hall–Kier alpha value is -6.30. The molecule has 0 spiro atoms. The van der Waals surface area contributed by atoms with Crippen molar-refractivity contribution in [3.63, 3.8) is 0 Å². The van der Waals surface area contributed by atoms with Gasteiger partial charge >= 0.3 is 0 Å². The van der Waals surface area contributed by atoms with Gasteiger partial charge in [0.2, 0.25) is 0 Å². The third kappa shape index (κ3) is 3.32. The van der Waals surface area contributed by atoms with Crippen molar-refractivity contribution in [3.05, 3.63) is 146 Å². The van der Waals surface area contributed by atoms with E-state index in [1.807, 2.05) is 23.5 Å². The zero-order valence-electron chi connectivity index (χ0n) is 26.1. The molecule has 0 radical (unpaired) electrons. The highest BCUT2D eigenvalue weighted by atomic mass is 32.1. The molecule has 0 unspecified atom stereocenters. The lowest BCUT2D eigenvalue weighted by Gasteiger charge is -2.08. The first-order valence-electron chi connectivity index (χ1n) is 16.6. The molecule has 0 aliphatic carbocycles. The van der Waals surface area contributed by atoms with Crippen LogP contribution < -0.4 is 0 Å². The first-order chi connectivity index (χ1) is 24.3. The van der Waals surface area contributed by atoms with Gasteiger partial charge in [-0.1, -0.05) is 72.8 Å². The second-order valence-electron chi connectivity index (χ2n) is 13.0. The van der Waals surface area contributed by atoms with Gasteiger partial charge in [0.25, 0.3) is 0 Å². The van der Waals surface area contributed by atoms with E-state index in [0.717, 1.165) is 38.8 Å². The summed E-state index contributed by atoms with van der Waals surface area (Å²) in [5, 5.41) is 8.73. The van der Waals surface area contributed by atoms with Gasteiger partial charge in [-0.3, -0.25) is 4.40 Å². The molecule has 5 aromatic heterocycles. The minimum absolute atomic E-state index is 0.899. The zero-order valence-corrected chi connectivity index (χ0v) is 26.9. The Balaban J connectivity index is 1.28. The summed E-state index contributed by atoms with van der Waals surface area (Å²) in [6.07, 6.45) is 0. The molecule has 0 saturated heterocycles. The molecule has 0 N–H and O–H groups in total. The van der Waals surface area contributed by atoms with E-state index in [9.17, 15) is 0 Å². The van der Waals surface area contributed by atoms with E-state index in [-0.39, 0.29) is 0 Å². The highest BCUT2D eigenvalue weighted by Gasteiger charge is 2.25. The average Bonchev–Trinajstić information content (AvgIpc) is 3.89. The molecule has 7 aromatic carbocycles. The molecule has 5 heterocycles. The predicted molar refractivity (Wildman–Crippen MR) is 207 cm³/mol. The summed E-state index contributed by atoms with van der Waals surface area (Å²) in [6.45, 7) is 0. The van der Waals surface area contributed by atoms with Crippen molar-refractivity contribution in [2.75, 3.05) is 0 Å². The van der Waals surface area contributed by atoms with Gasteiger partial charge in [-0.25, -0.2) is 9.97 Å². The number of hydrogen-bond acceptors (Lipinski definition) is 3. The number of aromatic nitrogens is 4. The molecule has 0 amide bonds. The Kier molecular flexibility index (Phi) is 4.83. The number of benzene rings is 7. The lowest BCUT2D eigenvalue weighted by molar-refractivity contribution is 1.18. The van der Waals surface area contributed by atoms with Crippen LogP contribution in [-0.2, 0) is 0 Å². The Labute approximate surface area is 283 Å². The molecule has 0 saturated carbocycles. The maximum atomic E-state index is 5.28. The van der Waals surface area contributed by atoms with Gasteiger partial charge in [0.15, 0.2) is 5.65 Å². The van der Waals surface area contributed by atoms with Crippen LogP contribution >= 0.6 is 11.3 Å². The van der Waals surface area contributed by atoms with Crippen LogP contribution in [0.4, 0.5) is 0 Å². The van der Waals surface area contributed by atoms with Gasteiger partial charge in [0, 0.05) is 52.8 Å². The van der Waals surface area contributed by atoms with E-state index in [1.165, 1.54) is 69.4 Å². The average molecular weight is 641 g/mol. The Morgan fingerprint density at radius 1 is 0.449 bits per heavy atom. The normalized spacial score (nSPS) is 12.5. The first-order valence-corrected chi connectivity index (χ1v) is 17.4. The maximum absolute atomic E-state index is 5.28. The first kappa shape index (κ1) is 25.7. The molecule has 5 heteroatoms. The highest BCUT2D eigenvalue weighted by Crippen LogP contribution is 2.46. The standard InChI is InChI=1S/C44H24N4S/c1-2-10-27(11-3-1)47-35-16-8-4-13-29(35)40-36(47)19-20-37-41(40)31-23-26(25-18-21-39-30(22-25)28-12-5-9-17-38(28)49-39)24-32-42-44(48(37)43(31)32)46-34-15-7-6-14-33(34)45-42/h1-24H. The largest absolute Gasteiger partial charge is 0.309 e. The van der Waals surface area contributed by atoms with Crippen molar-refractivity contribution in [2.24, 2.45) is 0 Å². The fourth-order valence-corrected chi connectivity index (χ4v) is 9.44. The summed E-state index contributed by atoms with van der Waals surface area (Å²) >= 11 is 1.86. The minimum Gasteiger partial charge on any atom is -0.309 e. The monoisotopic (exact) mass is 640 g/mol. The topological polar surface area (TPSA) is 35.1 Å². The highest BCUT2D eigenvalue weighted by molar-refractivity contribution is 7.25. The second kappa shape index (κ2) is 9.19. The van der Waals surface area contributed by atoms with E-state index in [1.54, 1.807) is 0 Å². The molecule has 0 aliphatic heterocycles. The quantitative estimate of drug-likeness (QED) is 0.188. The zero-order chi connectivity index (χ0) is 31.8. The number of nitrogens with zero attached hydrogens (tertiary/aromatic N) is 4. The van der Waals surface area contributed by atoms with Crippen LogP contribution in [0.25, 0.3) is 108 Å². The summed E-state index contributed by atoms with van der Waals surface area (Å²) in [5.41, 5.74) is 11.9. The minimum atomic E-state index is 0.899. The Bertz CT molecular complexity index is 3330. The Morgan fingerprint density at radius 3 is 2.02 bits per heavy atom. The lowest BCUT2D eigenvalue weighted by atomic mass is 9.97. The van der Waals surface area contributed by atoms with Crippen LogP contribution in [0.2, 0.25) is 0 Å². The number of fused-ring (bicyclic) bond motifs is 14. The number of hydrogen-bond donors (Lipinski definition) is 0. The molecule has 12 rings (SSSR count). The van der Waals surface area contributed by atoms with Crippen molar-refractivity contribution in [2.45, 2.75) is 0 Å². The molecule has 0 fully saturated rings. The molecule has 0 aliphatic rings. The van der Waals surface area contributed by atoms with Crippen LogP contribution in [0.15, 0.2) is 146 Å². The summed E-state index contributed by atoms with van der Waals surface area (Å²) in [6, 6.07) is 52.7. The van der Waals surface area contributed by atoms with E-state index in [0.29, 0.717) is 0 Å². The summed E-state index contributed by atoms with van der Waals surface area (Å²) in [7, 11) is 0. The Morgan fingerprint density at radius 2 is 1.12 bits per heavy atom. The molecule has 49 heavy (non-hydrogen) atoms. The molecular weight excluding hydrogens is 617 g/mol. The molecule has 0 atom stereocenters. The van der Waals surface area contributed by atoms with Crippen LogP contribution in [0, 0.1) is 0 Å². The van der Waals surface area contributed by atoms with Gasteiger partial charge in [-0.05, 0) is 83.9 Å². The summed E-state index contributed by atoms with van der Waals surface area (Å²) in [4.78, 5) is 10.5. The summed E-state index contributed by atoms with van der Waals surface area (Å²) < 4.78 is 7.40. The smallest absolute Gasteiger partial charge is 0.165 e. The fourth-order valence-electron chi connectivity index (χ4n) is 8.35. The van der Waals surface area contributed by atoms with E-state index in [4.69, 9.17) is 9.97 Å². The van der Waals surface area contributed by atoms with Crippen molar-refractivity contribution >= 4 is 103 Å². The van der Waals surface area contributed by atoms with Gasteiger partial charge in [0.1, 0.15) is 5.52 Å². The van der Waals surface area contributed by atoms with E-state index < -0.39 is 0 Å².